The van der Waals surface area contributed by atoms with Crippen LogP contribution in [0.5, 0.6) is 0 Å². The van der Waals surface area contributed by atoms with Crippen LogP contribution in [-0.2, 0) is 28.4 Å². The average molecular weight is 550 g/mol. The predicted octanol–water partition coefficient (Wildman–Crippen LogP) is 6.66. The Kier molecular flexibility index (Phi) is 7.23. The first-order valence-electron chi connectivity index (χ1n) is 11.6. The highest BCUT2D eigenvalue weighted by Gasteiger charge is 2.50. The maximum Gasteiger partial charge on any atom is 0.184 e. The fraction of sp³-hybridized carbons (Fsp3) is 0.333. The van der Waals surface area contributed by atoms with E-state index in [1.165, 1.54) is 0 Å². The number of rotatable bonds is 4. The maximum atomic E-state index is 6.48. The van der Waals surface area contributed by atoms with Crippen LogP contribution in [0.25, 0.3) is 0 Å². The third kappa shape index (κ3) is 5.16. The summed E-state index contributed by atoms with van der Waals surface area (Å²) in [5.74, 6) is 0. The summed E-state index contributed by atoms with van der Waals surface area (Å²) in [6.45, 7) is 0.667. The fourth-order valence-corrected chi connectivity index (χ4v) is 5.00. The summed E-state index contributed by atoms with van der Waals surface area (Å²) in [5, 5.41) is 1.93. The minimum Gasteiger partial charge on any atom is -0.346 e. The monoisotopic (exact) mass is 548 g/mol. The van der Waals surface area contributed by atoms with E-state index in [2.05, 4.69) is 0 Å². The van der Waals surface area contributed by atoms with Crippen LogP contribution in [0.1, 0.15) is 35.6 Å². The van der Waals surface area contributed by atoms with Gasteiger partial charge in [0.05, 0.1) is 13.2 Å². The smallest absolute Gasteiger partial charge is 0.184 e. The molecule has 0 aromatic heterocycles. The Hall–Kier alpha value is -1.71. The lowest BCUT2D eigenvalue weighted by Gasteiger charge is -2.47. The lowest BCUT2D eigenvalue weighted by atomic mass is 9.99. The summed E-state index contributed by atoms with van der Waals surface area (Å²) in [6.07, 6.45) is -3.42. The van der Waals surface area contributed by atoms with Gasteiger partial charge >= 0.3 is 0 Å². The molecular weight excluding hydrogens is 527 g/mol. The second kappa shape index (κ2) is 10.6. The zero-order valence-corrected chi connectivity index (χ0v) is 21.2. The Morgan fingerprint density at radius 2 is 0.778 bits per heavy atom. The van der Waals surface area contributed by atoms with E-state index in [4.69, 9.17) is 63.2 Å². The second-order valence-electron chi connectivity index (χ2n) is 8.87. The summed E-state index contributed by atoms with van der Waals surface area (Å²) in [5.41, 5.74) is 2.58. The molecular formula is C27H23Cl3O6. The van der Waals surface area contributed by atoms with Gasteiger partial charge in [0, 0.05) is 31.8 Å². The molecule has 9 heteroatoms. The highest BCUT2D eigenvalue weighted by atomic mass is 35.5. The Bertz CT molecular complexity index is 1170. The van der Waals surface area contributed by atoms with Crippen LogP contribution < -0.4 is 0 Å². The van der Waals surface area contributed by atoms with Crippen LogP contribution >= 0.6 is 34.8 Å². The number of fused-ring (bicyclic) bond motifs is 1. The molecule has 0 saturated carbocycles. The first-order chi connectivity index (χ1) is 17.5. The van der Waals surface area contributed by atoms with Crippen molar-refractivity contribution >= 4 is 34.8 Å². The molecule has 3 aliphatic rings. The van der Waals surface area contributed by atoms with Gasteiger partial charge in [-0.05, 0) is 36.4 Å². The predicted molar refractivity (Wildman–Crippen MR) is 134 cm³/mol. The molecule has 6 rings (SSSR count). The minimum absolute atomic E-state index is 0.329. The number of hydrogen-bond donors (Lipinski definition) is 0. The number of hydrogen-bond acceptors (Lipinski definition) is 6. The molecule has 188 valence electrons. The summed E-state index contributed by atoms with van der Waals surface area (Å²) < 4.78 is 37.5. The highest BCUT2D eigenvalue weighted by Crippen LogP contribution is 2.42. The van der Waals surface area contributed by atoms with E-state index in [9.17, 15) is 0 Å². The Labute approximate surface area is 223 Å². The molecule has 3 saturated heterocycles. The third-order valence-electron chi connectivity index (χ3n) is 6.47. The molecule has 3 aliphatic heterocycles. The largest absolute Gasteiger partial charge is 0.346 e. The standard InChI is InChI=1S/C27H23Cl3O6/c28-18-7-1-15(2-8-18)25-31-13-21(33-25)24-23-22(34-27(36-24)17-5-11-20(30)12-6-17)14-32-26(35-23)16-3-9-19(29)10-4-16/h1-12,21-27H,13-14H2/t21-,22+,23-,24-,25?,26?,27?/m0/s1. The van der Waals surface area contributed by atoms with Crippen molar-refractivity contribution in [3.63, 3.8) is 0 Å². The van der Waals surface area contributed by atoms with Gasteiger partial charge in [0.25, 0.3) is 0 Å². The van der Waals surface area contributed by atoms with Crippen LogP contribution in [0.4, 0.5) is 0 Å². The van der Waals surface area contributed by atoms with E-state index < -0.39 is 31.1 Å². The molecule has 0 aliphatic carbocycles. The van der Waals surface area contributed by atoms with E-state index in [1.54, 1.807) is 12.1 Å². The first-order valence-corrected chi connectivity index (χ1v) is 12.8. The Balaban J connectivity index is 1.25. The molecule has 3 aromatic carbocycles. The van der Waals surface area contributed by atoms with Gasteiger partial charge in [-0.3, -0.25) is 0 Å². The van der Waals surface area contributed by atoms with Crippen molar-refractivity contribution in [2.24, 2.45) is 0 Å². The van der Waals surface area contributed by atoms with Crippen molar-refractivity contribution in [1.82, 2.24) is 0 Å². The number of ether oxygens (including phenoxy) is 6. The molecule has 3 aromatic rings. The molecule has 0 amide bonds. The van der Waals surface area contributed by atoms with Crippen LogP contribution in [0, 0.1) is 0 Å². The zero-order valence-electron chi connectivity index (χ0n) is 19.0. The topological polar surface area (TPSA) is 55.4 Å². The van der Waals surface area contributed by atoms with Gasteiger partial charge < -0.3 is 28.4 Å². The van der Waals surface area contributed by atoms with Crippen LogP contribution in [0.15, 0.2) is 72.8 Å². The molecule has 0 bridgehead atoms. The Morgan fingerprint density at radius 1 is 0.444 bits per heavy atom. The van der Waals surface area contributed by atoms with Crippen molar-refractivity contribution in [2.75, 3.05) is 13.2 Å². The van der Waals surface area contributed by atoms with E-state index in [0.717, 1.165) is 16.7 Å². The summed E-state index contributed by atoms with van der Waals surface area (Å²) in [6, 6.07) is 22.2. The summed E-state index contributed by atoms with van der Waals surface area (Å²) >= 11 is 18.2. The molecule has 0 radical (unpaired) electrons. The van der Waals surface area contributed by atoms with E-state index in [1.807, 2.05) is 60.7 Å². The maximum absolute atomic E-state index is 6.48. The normalized spacial score (nSPS) is 32.2. The summed E-state index contributed by atoms with van der Waals surface area (Å²) in [7, 11) is 0. The molecule has 3 fully saturated rings. The molecule has 36 heavy (non-hydrogen) atoms. The first kappa shape index (κ1) is 24.6. The van der Waals surface area contributed by atoms with Crippen LogP contribution in [0.2, 0.25) is 15.1 Å². The highest BCUT2D eigenvalue weighted by molar-refractivity contribution is 6.31. The molecule has 0 N–H and O–H groups in total. The van der Waals surface area contributed by atoms with E-state index in [-0.39, 0.29) is 12.2 Å². The lowest BCUT2D eigenvalue weighted by molar-refractivity contribution is -0.373. The van der Waals surface area contributed by atoms with Gasteiger partial charge in [0.1, 0.15) is 24.4 Å². The fourth-order valence-electron chi connectivity index (χ4n) is 4.62. The van der Waals surface area contributed by atoms with Gasteiger partial charge in [-0.1, -0.05) is 71.2 Å². The molecule has 3 unspecified atom stereocenters. The molecule has 0 spiro atoms. The number of benzene rings is 3. The van der Waals surface area contributed by atoms with Crippen molar-refractivity contribution in [2.45, 2.75) is 43.3 Å². The molecule has 6 nitrogen and oxygen atoms in total. The van der Waals surface area contributed by atoms with Gasteiger partial charge in [0.2, 0.25) is 0 Å². The van der Waals surface area contributed by atoms with Gasteiger partial charge in [-0.2, -0.15) is 0 Å². The SMILES string of the molecule is Clc1ccc(C2OC[C@H]3OC(c4ccc(Cl)cc4)O[C@@H]([C@@H]4COC(c5ccc(Cl)cc5)O4)[C@H]3O2)cc1. The van der Waals surface area contributed by atoms with Crippen LogP contribution in [0.3, 0.4) is 0 Å². The van der Waals surface area contributed by atoms with Crippen molar-refractivity contribution < 1.29 is 28.4 Å². The van der Waals surface area contributed by atoms with Crippen LogP contribution in [-0.4, -0.2) is 37.6 Å². The number of halogens is 3. The zero-order chi connectivity index (χ0) is 24.6. The van der Waals surface area contributed by atoms with E-state index >= 15 is 0 Å². The van der Waals surface area contributed by atoms with Crippen molar-refractivity contribution in [3.05, 3.63) is 105 Å². The second-order valence-corrected chi connectivity index (χ2v) is 10.2. The van der Waals surface area contributed by atoms with Gasteiger partial charge in [0.15, 0.2) is 18.9 Å². The minimum atomic E-state index is -0.633. The van der Waals surface area contributed by atoms with Crippen molar-refractivity contribution in [1.29, 1.82) is 0 Å². The average Bonchev–Trinajstić information content (AvgIpc) is 3.39. The van der Waals surface area contributed by atoms with E-state index in [0.29, 0.717) is 28.3 Å². The molecule has 7 atom stereocenters. The molecule has 3 heterocycles. The van der Waals surface area contributed by atoms with Crippen molar-refractivity contribution in [3.8, 4) is 0 Å². The third-order valence-corrected chi connectivity index (χ3v) is 7.22. The van der Waals surface area contributed by atoms with Gasteiger partial charge in [-0.25, -0.2) is 0 Å². The quantitative estimate of drug-likeness (QED) is 0.363. The summed E-state index contributed by atoms with van der Waals surface area (Å²) in [4.78, 5) is 0. The lowest BCUT2D eigenvalue weighted by Crippen LogP contribution is -2.58. The Morgan fingerprint density at radius 3 is 1.22 bits per heavy atom. The van der Waals surface area contributed by atoms with Gasteiger partial charge in [-0.15, -0.1) is 0 Å².